The van der Waals surface area contributed by atoms with Crippen LogP contribution in [0.3, 0.4) is 0 Å². The molecule has 0 unspecified atom stereocenters. The number of rotatable bonds is 4. The van der Waals surface area contributed by atoms with Crippen molar-refractivity contribution in [3.63, 3.8) is 0 Å². The van der Waals surface area contributed by atoms with Crippen LogP contribution in [0.5, 0.6) is 11.5 Å². The van der Waals surface area contributed by atoms with E-state index in [0.29, 0.717) is 25.9 Å². The molecule has 7 heteroatoms. The summed E-state index contributed by atoms with van der Waals surface area (Å²) in [6.07, 6.45) is 2.94. The summed E-state index contributed by atoms with van der Waals surface area (Å²) in [5.74, 6) is 1.60. The minimum absolute atomic E-state index is 0.0160. The van der Waals surface area contributed by atoms with E-state index in [0.717, 1.165) is 36.4 Å². The van der Waals surface area contributed by atoms with E-state index in [4.69, 9.17) is 14.2 Å². The van der Waals surface area contributed by atoms with E-state index < -0.39 is 5.60 Å². The van der Waals surface area contributed by atoms with E-state index >= 15 is 0 Å². The van der Waals surface area contributed by atoms with Crippen molar-refractivity contribution in [1.82, 2.24) is 9.80 Å². The molecule has 7 nitrogen and oxygen atoms in total. The first-order chi connectivity index (χ1) is 14.2. The molecular formula is C23H34N2O5. The van der Waals surface area contributed by atoms with Crippen molar-refractivity contribution in [1.29, 1.82) is 0 Å². The van der Waals surface area contributed by atoms with Gasteiger partial charge in [-0.3, -0.25) is 4.79 Å². The number of methoxy groups -OCH3 is 2. The van der Waals surface area contributed by atoms with Crippen molar-refractivity contribution in [3.05, 3.63) is 23.8 Å². The molecule has 2 heterocycles. The van der Waals surface area contributed by atoms with E-state index in [1.54, 1.807) is 19.1 Å². The second-order valence-corrected chi connectivity index (χ2v) is 9.04. The molecule has 0 aromatic heterocycles. The Morgan fingerprint density at radius 2 is 1.70 bits per heavy atom. The van der Waals surface area contributed by atoms with Gasteiger partial charge in [0.05, 0.1) is 20.3 Å². The Balaban J connectivity index is 1.65. The number of nitrogens with zero attached hydrogens (tertiary/aromatic N) is 2. The SMILES string of the molecule is COc1ccc([C@@H]2CCCN2C(=O)C2CCN(C(=O)OC(C)(C)C)CC2)c(OC)c1. The lowest BCUT2D eigenvalue weighted by Crippen LogP contribution is -2.45. The van der Waals surface area contributed by atoms with Gasteiger partial charge in [-0.05, 0) is 58.6 Å². The zero-order valence-corrected chi connectivity index (χ0v) is 18.8. The number of benzene rings is 1. The maximum Gasteiger partial charge on any atom is 0.410 e. The van der Waals surface area contributed by atoms with Crippen molar-refractivity contribution in [2.75, 3.05) is 33.9 Å². The Morgan fingerprint density at radius 1 is 1.00 bits per heavy atom. The van der Waals surface area contributed by atoms with Crippen LogP contribution in [-0.4, -0.2) is 61.3 Å². The summed E-state index contributed by atoms with van der Waals surface area (Å²) in [4.78, 5) is 29.3. The zero-order chi connectivity index (χ0) is 21.9. The van der Waals surface area contributed by atoms with Gasteiger partial charge in [-0.25, -0.2) is 4.79 Å². The average Bonchev–Trinajstić information content (AvgIpc) is 3.21. The molecule has 2 amide bonds. The molecule has 166 valence electrons. The number of likely N-dealkylation sites (tertiary alicyclic amines) is 2. The summed E-state index contributed by atoms with van der Waals surface area (Å²) in [7, 11) is 3.27. The van der Waals surface area contributed by atoms with E-state index in [-0.39, 0.29) is 24.0 Å². The molecule has 0 saturated carbocycles. The largest absolute Gasteiger partial charge is 0.497 e. The summed E-state index contributed by atoms with van der Waals surface area (Å²) in [5, 5.41) is 0. The molecule has 3 rings (SSSR count). The van der Waals surface area contributed by atoms with Crippen molar-refractivity contribution in [3.8, 4) is 11.5 Å². The molecule has 1 aromatic carbocycles. The third kappa shape index (κ3) is 4.99. The molecule has 30 heavy (non-hydrogen) atoms. The molecule has 2 aliphatic rings. The lowest BCUT2D eigenvalue weighted by atomic mass is 9.94. The van der Waals surface area contributed by atoms with Crippen LogP contribution in [0.15, 0.2) is 18.2 Å². The standard InChI is InChI=1S/C23H34N2O5/c1-23(2,3)30-22(27)24-13-10-16(11-14-24)21(26)25-12-6-7-19(25)18-9-8-17(28-4)15-20(18)29-5/h8-9,15-16,19H,6-7,10-14H2,1-5H3/t19-/m0/s1. The van der Waals surface area contributed by atoms with E-state index in [1.807, 2.05) is 43.9 Å². The number of amides is 2. The maximum absolute atomic E-state index is 13.3. The first kappa shape index (κ1) is 22.2. The minimum atomic E-state index is -0.510. The number of carbonyl (C=O) groups excluding carboxylic acids is 2. The van der Waals surface area contributed by atoms with Gasteiger partial charge in [-0.15, -0.1) is 0 Å². The summed E-state index contributed by atoms with van der Waals surface area (Å²) >= 11 is 0. The minimum Gasteiger partial charge on any atom is -0.497 e. The third-order valence-electron chi connectivity index (χ3n) is 5.83. The molecule has 1 aromatic rings. The maximum atomic E-state index is 13.3. The van der Waals surface area contributed by atoms with Crippen molar-refractivity contribution < 1.29 is 23.8 Å². The molecule has 0 aliphatic carbocycles. The zero-order valence-electron chi connectivity index (χ0n) is 18.8. The fraction of sp³-hybridized carbons (Fsp3) is 0.652. The fourth-order valence-electron chi connectivity index (χ4n) is 4.32. The number of carbonyl (C=O) groups is 2. The fourth-order valence-corrected chi connectivity index (χ4v) is 4.32. The van der Waals surface area contributed by atoms with Crippen molar-refractivity contribution in [2.45, 2.75) is 58.1 Å². The van der Waals surface area contributed by atoms with Gasteiger partial charge in [-0.1, -0.05) is 0 Å². The lowest BCUT2D eigenvalue weighted by Gasteiger charge is -2.35. The molecule has 0 spiro atoms. The molecule has 2 aliphatic heterocycles. The van der Waals surface area contributed by atoms with Gasteiger partial charge in [0.15, 0.2) is 0 Å². The topological polar surface area (TPSA) is 68.3 Å². The Bertz CT molecular complexity index is 765. The predicted molar refractivity (Wildman–Crippen MR) is 114 cm³/mol. The smallest absolute Gasteiger partial charge is 0.410 e. The monoisotopic (exact) mass is 418 g/mol. The predicted octanol–water partition coefficient (Wildman–Crippen LogP) is 4.01. The highest BCUT2D eigenvalue weighted by molar-refractivity contribution is 5.80. The second kappa shape index (κ2) is 9.14. The van der Waals surface area contributed by atoms with Gasteiger partial charge in [0.1, 0.15) is 17.1 Å². The molecule has 2 saturated heterocycles. The van der Waals surface area contributed by atoms with Gasteiger partial charge in [-0.2, -0.15) is 0 Å². The normalized spacial score (nSPS) is 20.2. The highest BCUT2D eigenvalue weighted by Gasteiger charge is 2.37. The van der Waals surface area contributed by atoms with E-state index in [9.17, 15) is 9.59 Å². The first-order valence-corrected chi connectivity index (χ1v) is 10.7. The highest BCUT2D eigenvalue weighted by atomic mass is 16.6. The summed E-state index contributed by atoms with van der Waals surface area (Å²) in [5.41, 5.74) is 0.513. The Labute approximate surface area is 179 Å². The Morgan fingerprint density at radius 3 is 2.30 bits per heavy atom. The van der Waals surface area contributed by atoms with Gasteiger partial charge in [0.25, 0.3) is 0 Å². The molecular weight excluding hydrogens is 384 g/mol. The van der Waals surface area contributed by atoms with Crippen LogP contribution >= 0.6 is 0 Å². The van der Waals surface area contributed by atoms with Crippen LogP contribution in [0.2, 0.25) is 0 Å². The first-order valence-electron chi connectivity index (χ1n) is 10.7. The Hall–Kier alpha value is -2.44. The van der Waals surface area contributed by atoms with Gasteiger partial charge >= 0.3 is 6.09 Å². The molecule has 1 atom stereocenters. The Kier molecular flexibility index (Phi) is 6.78. The summed E-state index contributed by atoms with van der Waals surface area (Å²) in [6.45, 7) is 7.45. The quantitative estimate of drug-likeness (QED) is 0.739. The molecule has 0 bridgehead atoms. The van der Waals surface area contributed by atoms with Gasteiger partial charge in [0.2, 0.25) is 5.91 Å². The van der Waals surface area contributed by atoms with Crippen LogP contribution in [0.4, 0.5) is 4.79 Å². The average molecular weight is 419 g/mol. The van der Waals surface area contributed by atoms with Crippen LogP contribution < -0.4 is 9.47 Å². The molecule has 0 N–H and O–H groups in total. The van der Waals surface area contributed by atoms with Gasteiger partial charge in [0, 0.05) is 37.2 Å². The number of ether oxygens (including phenoxy) is 3. The van der Waals surface area contributed by atoms with Gasteiger partial charge < -0.3 is 24.0 Å². The number of piperidine rings is 1. The highest BCUT2D eigenvalue weighted by Crippen LogP contribution is 2.40. The van der Waals surface area contributed by atoms with Crippen LogP contribution in [-0.2, 0) is 9.53 Å². The van der Waals surface area contributed by atoms with Crippen LogP contribution in [0.1, 0.15) is 58.1 Å². The summed E-state index contributed by atoms with van der Waals surface area (Å²) < 4.78 is 16.3. The van der Waals surface area contributed by atoms with Crippen molar-refractivity contribution in [2.24, 2.45) is 5.92 Å². The summed E-state index contributed by atoms with van der Waals surface area (Å²) in [6, 6.07) is 5.80. The third-order valence-corrected chi connectivity index (χ3v) is 5.83. The number of hydrogen-bond acceptors (Lipinski definition) is 5. The lowest BCUT2D eigenvalue weighted by molar-refractivity contribution is -0.138. The number of hydrogen-bond donors (Lipinski definition) is 0. The van der Waals surface area contributed by atoms with E-state index in [1.165, 1.54) is 0 Å². The van der Waals surface area contributed by atoms with E-state index in [2.05, 4.69) is 0 Å². The second-order valence-electron chi connectivity index (χ2n) is 9.04. The molecule has 2 fully saturated rings. The van der Waals surface area contributed by atoms with Crippen molar-refractivity contribution >= 4 is 12.0 Å². The molecule has 0 radical (unpaired) electrons. The van der Waals surface area contributed by atoms with Crippen LogP contribution in [0.25, 0.3) is 0 Å². The van der Waals surface area contributed by atoms with Crippen LogP contribution in [0, 0.1) is 5.92 Å².